The van der Waals surface area contributed by atoms with Gasteiger partial charge < -0.3 is 35.5 Å². The molecule has 0 aliphatic rings. The molecule has 0 spiro atoms. The summed E-state index contributed by atoms with van der Waals surface area (Å²) in [6.07, 6.45) is 0. The molecule has 0 bridgehead atoms. The normalized spacial score (nSPS) is 11.6. The summed E-state index contributed by atoms with van der Waals surface area (Å²) in [7, 11) is 2.91. The van der Waals surface area contributed by atoms with Crippen LogP contribution in [0.15, 0.2) is 52.6 Å². The molecule has 0 fully saturated rings. The molecular weight excluding hydrogens is 528 g/mol. The van der Waals surface area contributed by atoms with Crippen molar-refractivity contribution in [3.05, 3.63) is 80.2 Å². The van der Waals surface area contributed by atoms with Gasteiger partial charge in [-0.3, -0.25) is 10.4 Å². The van der Waals surface area contributed by atoms with Gasteiger partial charge in [0, 0.05) is 11.3 Å². The van der Waals surface area contributed by atoms with Crippen LogP contribution < -0.4 is 31.0 Å². The number of carbonyl (C=O) groups is 1. The minimum atomic E-state index is -1.18. The van der Waals surface area contributed by atoms with E-state index in [-0.39, 0.29) is 41.2 Å². The van der Waals surface area contributed by atoms with Gasteiger partial charge in [-0.2, -0.15) is 4.68 Å². The number of nitrogens with one attached hydrogen (secondary N) is 3. The number of aromatic nitrogens is 3. The van der Waals surface area contributed by atoms with Crippen LogP contribution >= 0.6 is 11.3 Å². The Morgan fingerprint density at radius 3 is 2.54 bits per heavy atom. The number of aromatic amines is 1. The van der Waals surface area contributed by atoms with Gasteiger partial charge in [-0.1, -0.05) is 0 Å². The Kier molecular flexibility index (Phi) is 8.17. The lowest BCUT2D eigenvalue weighted by Gasteiger charge is -2.21. The SMILES string of the molecule is COc1cc(C(Nc2ccc(C(=N)N)cc2)c2nn(-c3ccsc3C(=O)O)c(=O)[nH]2)cc(OCCO)c1OC. The maximum Gasteiger partial charge on any atom is 0.348 e. The Hall–Kier alpha value is -4.82. The van der Waals surface area contributed by atoms with Crippen molar-refractivity contribution in [2.24, 2.45) is 5.73 Å². The van der Waals surface area contributed by atoms with Gasteiger partial charge >= 0.3 is 11.7 Å². The molecule has 4 aromatic rings. The topological polar surface area (TPSA) is 198 Å². The van der Waals surface area contributed by atoms with Gasteiger partial charge in [0.1, 0.15) is 23.4 Å². The average Bonchev–Trinajstić information content (AvgIpc) is 3.56. The highest BCUT2D eigenvalue weighted by Gasteiger charge is 2.26. The number of rotatable bonds is 12. The summed E-state index contributed by atoms with van der Waals surface area (Å²) < 4.78 is 17.6. The molecule has 204 valence electrons. The first-order valence-electron chi connectivity index (χ1n) is 11.5. The fourth-order valence-corrected chi connectivity index (χ4v) is 4.57. The molecular formula is C25H26N6O7S. The van der Waals surface area contributed by atoms with E-state index in [4.69, 9.17) is 25.4 Å². The number of nitrogens with zero attached hydrogens (tertiary/aromatic N) is 2. The highest BCUT2D eigenvalue weighted by molar-refractivity contribution is 7.12. The number of benzene rings is 2. The highest BCUT2D eigenvalue weighted by atomic mass is 32.1. The summed E-state index contributed by atoms with van der Waals surface area (Å²) in [6.45, 7) is -0.237. The first-order chi connectivity index (χ1) is 18.8. The van der Waals surface area contributed by atoms with Crippen molar-refractivity contribution in [3.63, 3.8) is 0 Å². The molecule has 7 N–H and O–H groups in total. The number of aliphatic hydroxyl groups is 1. The first kappa shape index (κ1) is 27.2. The zero-order chi connectivity index (χ0) is 28.1. The Balaban J connectivity index is 1.86. The van der Waals surface area contributed by atoms with E-state index in [1.54, 1.807) is 41.8 Å². The summed E-state index contributed by atoms with van der Waals surface area (Å²) in [6, 6.07) is 10.8. The van der Waals surface area contributed by atoms with Gasteiger partial charge in [0.15, 0.2) is 17.3 Å². The molecule has 13 nitrogen and oxygen atoms in total. The van der Waals surface area contributed by atoms with Crippen LogP contribution in [0.3, 0.4) is 0 Å². The number of methoxy groups -OCH3 is 2. The molecule has 0 aliphatic carbocycles. The number of anilines is 1. The van der Waals surface area contributed by atoms with Crippen LogP contribution in [0.25, 0.3) is 5.69 Å². The fourth-order valence-electron chi connectivity index (χ4n) is 3.86. The standard InChI is InChI=1S/C25H26N6O7S/c1-36-17-11-14(12-18(20(17)37-2)38-9-8-32)19(28-15-5-3-13(4-6-15)22(26)27)23-29-25(35)31(30-23)16-7-10-39-21(16)24(33)34/h3-7,10-12,19,28,32H,8-9H2,1-2H3,(H3,26,27)(H,33,34)(H,29,30,35). The third-order valence-electron chi connectivity index (χ3n) is 5.63. The molecule has 39 heavy (non-hydrogen) atoms. The van der Waals surface area contributed by atoms with Crippen molar-refractivity contribution in [2.45, 2.75) is 6.04 Å². The van der Waals surface area contributed by atoms with Crippen molar-refractivity contribution >= 4 is 28.8 Å². The average molecular weight is 555 g/mol. The first-order valence-corrected chi connectivity index (χ1v) is 12.4. The number of carboxylic acid groups (broad SMARTS) is 1. The number of carboxylic acids is 1. The number of aliphatic hydroxyl groups excluding tert-OH is 1. The predicted molar refractivity (Wildman–Crippen MR) is 144 cm³/mol. The number of nitrogen functional groups attached to an aromatic ring is 1. The quantitative estimate of drug-likeness (QED) is 0.111. The van der Waals surface area contributed by atoms with Crippen LogP contribution in [0, 0.1) is 5.41 Å². The second-order valence-corrected chi connectivity index (χ2v) is 8.98. The summed E-state index contributed by atoms with van der Waals surface area (Å²) in [4.78, 5) is 27.3. The Bertz CT molecular complexity index is 1540. The van der Waals surface area contributed by atoms with E-state index in [9.17, 15) is 19.8 Å². The second kappa shape index (κ2) is 11.7. The molecule has 2 aromatic heterocycles. The molecule has 0 aliphatic heterocycles. The predicted octanol–water partition coefficient (Wildman–Crippen LogP) is 2.19. The summed E-state index contributed by atoms with van der Waals surface area (Å²) >= 11 is 0.976. The number of nitrogens with two attached hydrogens (primary N) is 1. The molecule has 1 unspecified atom stereocenters. The van der Waals surface area contributed by atoms with E-state index in [2.05, 4.69) is 15.4 Å². The van der Waals surface area contributed by atoms with Gasteiger partial charge in [0.2, 0.25) is 5.75 Å². The van der Waals surface area contributed by atoms with E-state index in [1.165, 1.54) is 20.3 Å². The summed E-state index contributed by atoms with van der Waals surface area (Å²) in [5, 5.41) is 35.7. The van der Waals surface area contributed by atoms with Gasteiger partial charge in [0.25, 0.3) is 0 Å². The van der Waals surface area contributed by atoms with Gasteiger partial charge in [-0.25, -0.2) is 9.59 Å². The molecule has 2 aromatic carbocycles. The number of H-pyrrole nitrogens is 1. The van der Waals surface area contributed by atoms with Crippen molar-refractivity contribution in [2.75, 3.05) is 32.8 Å². The lowest BCUT2D eigenvalue weighted by atomic mass is 10.0. The third kappa shape index (κ3) is 5.71. The van der Waals surface area contributed by atoms with E-state index >= 15 is 0 Å². The number of thiophene rings is 1. The minimum Gasteiger partial charge on any atom is -0.493 e. The van der Waals surface area contributed by atoms with Crippen molar-refractivity contribution in [3.8, 4) is 22.9 Å². The van der Waals surface area contributed by atoms with Crippen LogP contribution in [0.2, 0.25) is 0 Å². The smallest absolute Gasteiger partial charge is 0.348 e. The zero-order valence-corrected chi connectivity index (χ0v) is 21.7. The molecule has 2 heterocycles. The molecule has 4 rings (SSSR count). The van der Waals surface area contributed by atoms with E-state index in [1.807, 2.05) is 0 Å². The molecule has 1 atom stereocenters. The number of hydrogen-bond acceptors (Lipinski definition) is 10. The Morgan fingerprint density at radius 2 is 1.92 bits per heavy atom. The third-order valence-corrected chi connectivity index (χ3v) is 6.52. The number of hydrogen-bond donors (Lipinski definition) is 6. The van der Waals surface area contributed by atoms with E-state index in [0.717, 1.165) is 16.0 Å². The van der Waals surface area contributed by atoms with Crippen LogP contribution in [0.4, 0.5) is 5.69 Å². The van der Waals surface area contributed by atoms with Crippen LogP contribution in [-0.4, -0.2) is 64.2 Å². The number of ether oxygens (including phenoxy) is 3. The lowest BCUT2D eigenvalue weighted by molar-refractivity contribution is 0.0702. The Morgan fingerprint density at radius 1 is 1.21 bits per heavy atom. The largest absolute Gasteiger partial charge is 0.493 e. The summed E-state index contributed by atoms with van der Waals surface area (Å²) in [5.74, 6) is -0.179. The highest BCUT2D eigenvalue weighted by Crippen LogP contribution is 2.41. The molecule has 0 saturated heterocycles. The monoisotopic (exact) mass is 554 g/mol. The van der Waals surface area contributed by atoms with Crippen LogP contribution in [-0.2, 0) is 0 Å². The van der Waals surface area contributed by atoms with Crippen LogP contribution in [0.5, 0.6) is 17.2 Å². The maximum absolute atomic E-state index is 12.9. The number of amidine groups is 1. The van der Waals surface area contributed by atoms with Crippen molar-refractivity contribution in [1.29, 1.82) is 5.41 Å². The van der Waals surface area contributed by atoms with Crippen molar-refractivity contribution < 1.29 is 29.2 Å². The zero-order valence-electron chi connectivity index (χ0n) is 20.9. The second-order valence-electron chi connectivity index (χ2n) is 8.06. The fraction of sp³-hybridized carbons (Fsp3) is 0.200. The van der Waals surface area contributed by atoms with E-state index < -0.39 is 17.7 Å². The Labute approximate surface area is 225 Å². The van der Waals surface area contributed by atoms with Gasteiger partial charge in [0.05, 0.1) is 26.5 Å². The van der Waals surface area contributed by atoms with Gasteiger partial charge in [-0.15, -0.1) is 16.4 Å². The summed E-state index contributed by atoms with van der Waals surface area (Å²) in [5.41, 5.74) is 6.74. The molecule has 0 saturated carbocycles. The minimum absolute atomic E-state index is 0.00481. The molecule has 0 amide bonds. The van der Waals surface area contributed by atoms with E-state index in [0.29, 0.717) is 28.3 Å². The van der Waals surface area contributed by atoms with Gasteiger partial charge in [-0.05, 0) is 53.4 Å². The lowest BCUT2D eigenvalue weighted by Crippen LogP contribution is -2.17. The maximum atomic E-state index is 12.9. The molecule has 14 heteroatoms. The van der Waals surface area contributed by atoms with Crippen LogP contribution in [0.1, 0.15) is 32.7 Å². The van der Waals surface area contributed by atoms with Crippen molar-refractivity contribution in [1.82, 2.24) is 14.8 Å². The molecule has 0 radical (unpaired) electrons. The number of aromatic carboxylic acids is 1.